The normalized spacial score (nSPS) is 15.0. The maximum atomic E-state index is 2.44. The third kappa shape index (κ3) is 5.59. The van der Waals surface area contributed by atoms with Gasteiger partial charge in [-0.05, 0) is 33.7 Å². The Morgan fingerprint density at radius 3 is 1.33 bits per heavy atom. The summed E-state index contributed by atoms with van der Waals surface area (Å²) >= 11 is 0. The summed E-state index contributed by atoms with van der Waals surface area (Å²) in [7, 11) is 2.21. The molecule has 0 fully saturated rings. The molecule has 0 radical (unpaired) electrons. The van der Waals surface area contributed by atoms with Crippen LogP contribution >= 0.6 is 0 Å². The van der Waals surface area contributed by atoms with Crippen LogP contribution in [0.1, 0.15) is 54.4 Å². The van der Waals surface area contributed by atoms with Gasteiger partial charge in [-0.15, -0.1) is 0 Å². The molecular formula is C11H27N. The Balaban J connectivity index is 0. The first kappa shape index (κ1) is 14.5. The Bertz CT molecular complexity index is 71.1. The van der Waals surface area contributed by atoms with Gasteiger partial charge < -0.3 is 4.90 Å². The lowest BCUT2D eigenvalue weighted by atomic mass is 10.1. The van der Waals surface area contributed by atoms with Crippen LogP contribution in [0, 0.1) is 0 Å². The summed E-state index contributed by atoms with van der Waals surface area (Å²) in [5.41, 5.74) is 0. The highest BCUT2D eigenvalue weighted by Gasteiger charge is 2.11. The molecule has 76 valence electrons. The molecule has 0 aliphatic rings. The molecule has 0 aromatic heterocycles. The lowest BCUT2D eigenvalue weighted by Gasteiger charge is -2.29. The molecule has 0 bridgehead atoms. The summed E-state index contributed by atoms with van der Waals surface area (Å²) in [5, 5.41) is 0. The van der Waals surface area contributed by atoms with E-state index in [-0.39, 0.29) is 0 Å². The minimum Gasteiger partial charge on any atom is -0.301 e. The largest absolute Gasteiger partial charge is 0.301 e. The quantitative estimate of drug-likeness (QED) is 0.628. The van der Waals surface area contributed by atoms with Gasteiger partial charge in [0.15, 0.2) is 0 Å². The van der Waals surface area contributed by atoms with Crippen LogP contribution in [-0.4, -0.2) is 24.0 Å². The highest BCUT2D eigenvalue weighted by atomic mass is 15.1. The average Bonchev–Trinajstić information content (AvgIpc) is 2.17. The van der Waals surface area contributed by atoms with E-state index in [1.165, 1.54) is 12.8 Å². The van der Waals surface area contributed by atoms with Crippen molar-refractivity contribution >= 4 is 0 Å². The van der Waals surface area contributed by atoms with Crippen molar-refractivity contribution < 1.29 is 0 Å². The van der Waals surface area contributed by atoms with Crippen LogP contribution in [0.4, 0.5) is 0 Å². The molecule has 0 aromatic carbocycles. The van der Waals surface area contributed by atoms with Crippen LogP contribution in [0.5, 0.6) is 0 Å². The molecule has 2 unspecified atom stereocenters. The molecule has 0 saturated heterocycles. The smallest absolute Gasteiger partial charge is 0.00640 e. The van der Waals surface area contributed by atoms with E-state index in [2.05, 4.69) is 39.6 Å². The monoisotopic (exact) mass is 173 g/mol. The molecule has 1 nitrogen and oxygen atoms in total. The number of rotatable bonds is 4. The van der Waals surface area contributed by atoms with Gasteiger partial charge in [0.1, 0.15) is 0 Å². The third-order valence-corrected chi connectivity index (χ3v) is 2.57. The van der Waals surface area contributed by atoms with E-state index < -0.39 is 0 Å². The molecule has 0 amide bonds. The van der Waals surface area contributed by atoms with Crippen molar-refractivity contribution in [2.75, 3.05) is 7.05 Å². The molecule has 0 aromatic rings. The van der Waals surface area contributed by atoms with Crippen LogP contribution in [-0.2, 0) is 0 Å². The highest BCUT2D eigenvalue weighted by Crippen LogP contribution is 2.07. The Morgan fingerprint density at radius 1 is 0.917 bits per heavy atom. The minimum absolute atomic E-state index is 0.731. The zero-order chi connectivity index (χ0) is 10.1. The molecule has 0 N–H and O–H groups in total. The average molecular weight is 173 g/mol. The van der Waals surface area contributed by atoms with Gasteiger partial charge in [-0.2, -0.15) is 0 Å². The van der Waals surface area contributed by atoms with Gasteiger partial charge in [-0.1, -0.05) is 27.7 Å². The Morgan fingerprint density at radius 2 is 1.17 bits per heavy atom. The van der Waals surface area contributed by atoms with Crippen molar-refractivity contribution in [1.29, 1.82) is 0 Å². The van der Waals surface area contributed by atoms with E-state index >= 15 is 0 Å². The topological polar surface area (TPSA) is 3.24 Å². The van der Waals surface area contributed by atoms with Crippen molar-refractivity contribution in [3.05, 3.63) is 0 Å². The second-order valence-electron chi connectivity index (χ2n) is 3.18. The maximum absolute atomic E-state index is 2.44. The molecular weight excluding hydrogens is 146 g/mol. The van der Waals surface area contributed by atoms with E-state index in [0.29, 0.717) is 0 Å². The van der Waals surface area contributed by atoms with Gasteiger partial charge in [0.05, 0.1) is 0 Å². The van der Waals surface area contributed by atoms with E-state index in [1.807, 2.05) is 13.8 Å². The van der Waals surface area contributed by atoms with Crippen LogP contribution in [0.25, 0.3) is 0 Å². The van der Waals surface area contributed by atoms with Gasteiger partial charge in [-0.3, -0.25) is 0 Å². The van der Waals surface area contributed by atoms with Crippen molar-refractivity contribution in [2.24, 2.45) is 0 Å². The fourth-order valence-electron chi connectivity index (χ4n) is 1.01. The standard InChI is InChI=1S/C9H21N.C2H6/c1-6-8(3)10(5)9(4)7-2;1-2/h8-9H,6-7H2,1-5H3;1-2H3. The summed E-state index contributed by atoms with van der Waals surface area (Å²) in [4.78, 5) is 2.44. The molecule has 0 saturated carbocycles. The first-order valence-corrected chi connectivity index (χ1v) is 5.35. The Kier molecular flexibility index (Phi) is 10.9. The fraction of sp³-hybridized carbons (Fsp3) is 1.00. The second kappa shape index (κ2) is 9.05. The number of nitrogens with zero attached hydrogens (tertiary/aromatic N) is 1. The van der Waals surface area contributed by atoms with Crippen LogP contribution in [0.2, 0.25) is 0 Å². The van der Waals surface area contributed by atoms with Gasteiger partial charge in [0, 0.05) is 12.1 Å². The van der Waals surface area contributed by atoms with Gasteiger partial charge in [0.25, 0.3) is 0 Å². The molecule has 0 rings (SSSR count). The van der Waals surface area contributed by atoms with Crippen LogP contribution in [0.3, 0.4) is 0 Å². The lowest BCUT2D eigenvalue weighted by molar-refractivity contribution is 0.187. The predicted molar refractivity (Wildman–Crippen MR) is 58.6 cm³/mol. The van der Waals surface area contributed by atoms with E-state index in [1.54, 1.807) is 0 Å². The van der Waals surface area contributed by atoms with Gasteiger partial charge in [0.2, 0.25) is 0 Å². The van der Waals surface area contributed by atoms with Crippen LogP contribution < -0.4 is 0 Å². The van der Waals surface area contributed by atoms with Crippen molar-refractivity contribution in [3.63, 3.8) is 0 Å². The molecule has 12 heavy (non-hydrogen) atoms. The maximum Gasteiger partial charge on any atom is 0.00640 e. The van der Waals surface area contributed by atoms with E-state index in [4.69, 9.17) is 0 Å². The molecule has 2 atom stereocenters. The summed E-state index contributed by atoms with van der Waals surface area (Å²) in [6.45, 7) is 13.0. The molecule has 0 aliphatic carbocycles. The summed E-state index contributed by atoms with van der Waals surface area (Å²) < 4.78 is 0. The highest BCUT2D eigenvalue weighted by molar-refractivity contribution is 4.66. The molecule has 0 heterocycles. The predicted octanol–water partition coefficient (Wildman–Crippen LogP) is 3.54. The summed E-state index contributed by atoms with van der Waals surface area (Å²) in [6, 6.07) is 1.46. The third-order valence-electron chi connectivity index (χ3n) is 2.57. The zero-order valence-electron chi connectivity index (χ0n) is 10.0. The SMILES string of the molecule is CC.CCC(C)N(C)C(C)CC. The lowest BCUT2D eigenvalue weighted by Crippen LogP contribution is -2.35. The first-order chi connectivity index (χ1) is 5.63. The van der Waals surface area contributed by atoms with E-state index in [9.17, 15) is 0 Å². The summed E-state index contributed by atoms with van der Waals surface area (Å²) in [5.74, 6) is 0. The first-order valence-electron chi connectivity index (χ1n) is 5.35. The number of hydrogen-bond donors (Lipinski definition) is 0. The molecule has 0 spiro atoms. The van der Waals surface area contributed by atoms with Crippen LogP contribution in [0.15, 0.2) is 0 Å². The summed E-state index contributed by atoms with van der Waals surface area (Å²) in [6.07, 6.45) is 2.50. The minimum atomic E-state index is 0.731. The van der Waals surface area contributed by atoms with Crippen molar-refractivity contribution in [1.82, 2.24) is 4.90 Å². The van der Waals surface area contributed by atoms with Crippen molar-refractivity contribution in [3.8, 4) is 0 Å². The number of hydrogen-bond acceptors (Lipinski definition) is 1. The second-order valence-corrected chi connectivity index (χ2v) is 3.18. The molecule has 0 aliphatic heterocycles. The fourth-order valence-corrected chi connectivity index (χ4v) is 1.01. The van der Waals surface area contributed by atoms with Gasteiger partial charge in [-0.25, -0.2) is 0 Å². The zero-order valence-corrected chi connectivity index (χ0v) is 10.0. The molecule has 1 heteroatoms. The Labute approximate surface area is 79.2 Å². The van der Waals surface area contributed by atoms with Crippen molar-refractivity contribution in [2.45, 2.75) is 66.5 Å². The Hall–Kier alpha value is -0.0400. The van der Waals surface area contributed by atoms with Gasteiger partial charge >= 0.3 is 0 Å². The van der Waals surface area contributed by atoms with E-state index in [0.717, 1.165) is 12.1 Å².